The number of methoxy groups -OCH3 is 1. The fraction of sp³-hybridized carbons (Fsp3) is 0.286. The van der Waals surface area contributed by atoms with Gasteiger partial charge in [0.15, 0.2) is 0 Å². The first-order chi connectivity index (χ1) is 19.3. The molecule has 3 unspecified atom stereocenters. The number of amides is 2. The van der Waals surface area contributed by atoms with Crippen molar-refractivity contribution in [2.24, 2.45) is 0 Å². The molecule has 0 radical (unpaired) electrons. The van der Waals surface area contributed by atoms with Crippen molar-refractivity contribution in [1.82, 2.24) is 21.3 Å². The molecule has 0 fully saturated rings. The Kier molecular flexibility index (Phi) is 10.3. The highest BCUT2D eigenvalue weighted by Gasteiger charge is 2.30. The van der Waals surface area contributed by atoms with Crippen LogP contribution in [0.2, 0.25) is 0 Å². The Morgan fingerprint density at radius 1 is 1.07 bits per heavy atom. The van der Waals surface area contributed by atoms with E-state index in [1.54, 1.807) is 23.9 Å². The molecular weight excluding hydrogens is 550 g/mol. The van der Waals surface area contributed by atoms with Crippen molar-refractivity contribution in [3.8, 4) is 0 Å². The molecule has 0 aliphatic carbocycles. The lowest BCUT2D eigenvalue weighted by atomic mass is 10.0. The van der Waals surface area contributed by atoms with Crippen LogP contribution in [-0.2, 0) is 33.6 Å². The molecule has 0 saturated carbocycles. The van der Waals surface area contributed by atoms with Crippen molar-refractivity contribution in [2.75, 3.05) is 11.8 Å². The molecule has 5 atom stereocenters. The number of carbonyl (C=O) groups is 2. The summed E-state index contributed by atoms with van der Waals surface area (Å²) in [7, 11) is 1.26. The summed E-state index contributed by atoms with van der Waals surface area (Å²) in [4.78, 5) is 25.7. The quantitative estimate of drug-likeness (QED) is 0.222. The topological polar surface area (TPSA) is 141 Å². The van der Waals surface area contributed by atoms with E-state index in [9.17, 15) is 13.8 Å². The highest BCUT2D eigenvalue weighted by atomic mass is 32.2. The van der Waals surface area contributed by atoms with Crippen LogP contribution in [0.25, 0.3) is 0 Å². The van der Waals surface area contributed by atoms with E-state index in [4.69, 9.17) is 9.29 Å². The van der Waals surface area contributed by atoms with Crippen molar-refractivity contribution in [2.45, 2.75) is 43.3 Å². The molecule has 6 N–H and O–H groups in total. The van der Waals surface area contributed by atoms with Gasteiger partial charge in [-0.3, -0.25) is 14.1 Å². The fourth-order valence-corrected chi connectivity index (χ4v) is 5.63. The summed E-state index contributed by atoms with van der Waals surface area (Å²) in [6, 6.07) is 15.5. The first-order valence-corrected chi connectivity index (χ1v) is 14.8. The molecule has 0 spiro atoms. The minimum absolute atomic E-state index is 0.0231. The molecule has 4 rings (SSSR count). The molecule has 10 nitrogen and oxygen atoms in total. The van der Waals surface area contributed by atoms with Crippen LogP contribution >= 0.6 is 11.8 Å². The molecule has 2 aliphatic heterocycles. The molecule has 0 saturated heterocycles. The maximum absolute atomic E-state index is 13.6. The zero-order valence-electron chi connectivity index (χ0n) is 22.1. The minimum Gasteiger partial charge on any atom is -0.453 e. The summed E-state index contributed by atoms with van der Waals surface area (Å²) in [6.45, 7) is 2.07. The second kappa shape index (κ2) is 14.1. The van der Waals surface area contributed by atoms with E-state index in [-0.39, 0.29) is 17.3 Å². The first kappa shape index (κ1) is 29.2. The van der Waals surface area contributed by atoms with Gasteiger partial charge in [0.25, 0.3) is 11.3 Å². The van der Waals surface area contributed by atoms with E-state index in [0.29, 0.717) is 18.5 Å². The molecule has 212 valence electrons. The van der Waals surface area contributed by atoms with E-state index in [2.05, 4.69) is 45.1 Å². The van der Waals surface area contributed by atoms with Crippen molar-refractivity contribution in [3.63, 3.8) is 0 Å². The number of benzene rings is 2. The molecule has 12 heteroatoms. The molecule has 40 heavy (non-hydrogen) atoms. The molecule has 2 amide bonds. The monoisotopic (exact) mass is 583 g/mol. The number of anilines is 1. The lowest BCUT2D eigenvalue weighted by Gasteiger charge is -2.26. The number of nitrogens with one attached hydrogen (secondary N) is 5. The van der Waals surface area contributed by atoms with E-state index in [0.717, 1.165) is 22.4 Å². The number of hydrogen-bond donors (Lipinski definition) is 6. The zero-order valence-corrected chi connectivity index (χ0v) is 23.8. The number of ether oxygens (including phenoxy) is 1. The van der Waals surface area contributed by atoms with E-state index in [1.165, 1.54) is 7.11 Å². The molecule has 2 aromatic carbocycles. The van der Waals surface area contributed by atoms with Gasteiger partial charge in [-0.25, -0.2) is 9.00 Å². The number of carbonyl (C=O) groups excluding carboxylic acids is 2. The fourth-order valence-electron chi connectivity index (χ4n) is 4.27. The van der Waals surface area contributed by atoms with Crippen LogP contribution in [0.3, 0.4) is 0 Å². The van der Waals surface area contributed by atoms with Crippen LogP contribution in [0, 0.1) is 0 Å². The van der Waals surface area contributed by atoms with Crippen LogP contribution < -0.4 is 26.0 Å². The predicted octanol–water partition coefficient (Wildman–Crippen LogP) is 3.17. The van der Waals surface area contributed by atoms with Gasteiger partial charge in [0.1, 0.15) is 11.4 Å². The van der Waals surface area contributed by atoms with Gasteiger partial charge in [0, 0.05) is 35.6 Å². The molecule has 0 bridgehead atoms. The number of alkyl carbamates (subject to hydrolysis) is 1. The summed E-state index contributed by atoms with van der Waals surface area (Å²) in [5, 5.41) is 14.6. The third kappa shape index (κ3) is 8.38. The second-order valence-corrected chi connectivity index (χ2v) is 11.1. The van der Waals surface area contributed by atoms with Crippen LogP contribution in [0.4, 0.5) is 10.5 Å². The number of dihydropyridines is 1. The van der Waals surface area contributed by atoms with E-state index < -0.39 is 29.4 Å². The lowest BCUT2D eigenvalue weighted by Crippen LogP contribution is -2.52. The summed E-state index contributed by atoms with van der Waals surface area (Å²) >= 11 is -0.557. The SMILES string of the molecule is COC(=O)N[C@@H](Cc1ccccc1)C(=O)N[C@@H](Cc1ccc(NS(=O)O)cc1)C1=CSC(C2=CNC(C)C=C2)N1. The van der Waals surface area contributed by atoms with Crippen molar-refractivity contribution >= 4 is 40.7 Å². The Morgan fingerprint density at radius 3 is 2.45 bits per heavy atom. The van der Waals surface area contributed by atoms with Gasteiger partial charge >= 0.3 is 6.09 Å². The van der Waals surface area contributed by atoms with Gasteiger partial charge < -0.3 is 26.0 Å². The van der Waals surface area contributed by atoms with Gasteiger partial charge in [-0.2, -0.15) is 0 Å². The van der Waals surface area contributed by atoms with Crippen molar-refractivity contribution in [1.29, 1.82) is 0 Å². The summed E-state index contributed by atoms with van der Waals surface area (Å²) in [5.41, 5.74) is 4.23. The van der Waals surface area contributed by atoms with Crippen LogP contribution in [-0.4, -0.2) is 51.4 Å². The Bertz CT molecular complexity index is 1300. The minimum atomic E-state index is -2.17. The van der Waals surface area contributed by atoms with Crippen LogP contribution in [0.5, 0.6) is 0 Å². The first-order valence-electron chi connectivity index (χ1n) is 12.7. The van der Waals surface area contributed by atoms with Gasteiger partial charge in [0.2, 0.25) is 5.91 Å². The van der Waals surface area contributed by atoms with Crippen LogP contribution in [0.1, 0.15) is 18.1 Å². The van der Waals surface area contributed by atoms with Crippen LogP contribution in [0.15, 0.2) is 89.6 Å². The largest absolute Gasteiger partial charge is 0.453 e. The molecular formula is C28H33N5O5S2. The Balaban J connectivity index is 1.53. The lowest BCUT2D eigenvalue weighted by molar-refractivity contribution is -0.123. The summed E-state index contributed by atoms with van der Waals surface area (Å²) in [5.74, 6) is -0.350. The highest BCUT2D eigenvalue weighted by Crippen LogP contribution is 2.30. The maximum atomic E-state index is 13.6. The molecule has 2 aromatic rings. The van der Waals surface area contributed by atoms with Crippen molar-refractivity contribution < 1.29 is 23.1 Å². The smallest absolute Gasteiger partial charge is 0.407 e. The zero-order chi connectivity index (χ0) is 28.5. The van der Waals surface area contributed by atoms with Gasteiger partial charge in [-0.15, -0.1) is 11.8 Å². The number of thioether (sulfide) groups is 1. The predicted molar refractivity (Wildman–Crippen MR) is 158 cm³/mol. The Labute approximate surface area is 240 Å². The normalized spacial score (nSPS) is 20.1. The number of rotatable bonds is 11. The van der Waals surface area contributed by atoms with E-state index >= 15 is 0 Å². The third-order valence-electron chi connectivity index (χ3n) is 6.39. The summed E-state index contributed by atoms with van der Waals surface area (Å²) < 4.78 is 27.4. The van der Waals surface area contributed by atoms with Gasteiger partial charge in [-0.05, 0) is 42.0 Å². The molecule has 0 aromatic heterocycles. The second-order valence-electron chi connectivity index (χ2n) is 9.38. The van der Waals surface area contributed by atoms with Crippen molar-refractivity contribution in [3.05, 3.63) is 101 Å². The maximum Gasteiger partial charge on any atom is 0.407 e. The van der Waals surface area contributed by atoms with Gasteiger partial charge in [0.05, 0.1) is 13.2 Å². The number of hydrogen-bond acceptors (Lipinski definition) is 7. The highest BCUT2D eigenvalue weighted by molar-refractivity contribution is 8.03. The summed E-state index contributed by atoms with van der Waals surface area (Å²) in [6.07, 6.45) is 6.22. The average molecular weight is 584 g/mol. The van der Waals surface area contributed by atoms with E-state index in [1.807, 2.05) is 54.1 Å². The third-order valence-corrected chi connectivity index (χ3v) is 7.85. The standard InChI is InChI=1S/C28H33N5O5S2/c1-18-8-11-21(16-29-18)27-31-25(17-39-27)23(14-20-9-12-22(13-10-20)33-40(36)37)30-26(34)24(32-28(35)38-2)15-19-6-4-3-5-7-19/h3-13,16-18,23-24,27,29,31,33H,14-15H2,1-2H3,(H,30,34)(H,32,35)(H,36,37)/t18?,23-,24-,27?/m0/s1. The molecule has 2 heterocycles. The Hall–Kier alpha value is -3.74. The molecule has 2 aliphatic rings. The van der Waals surface area contributed by atoms with Gasteiger partial charge in [-0.1, -0.05) is 54.6 Å². The average Bonchev–Trinajstić information content (AvgIpc) is 3.44. The Morgan fingerprint density at radius 2 is 1.80 bits per heavy atom.